The van der Waals surface area contributed by atoms with Gasteiger partial charge in [0, 0.05) is 26.6 Å². The minimum absolute atomic E-state index is 0.0333. The SMILES string of the molecule is CC(=O)N(CC(=O)NCCc1ccc(F)cc1)CC1CCCO1. The van der Waals surface area contributed by atoms with E-state index in [1.165, 1.54) is 24.0 Å². The van der Waals surface area contributed by atoms with Crippen LogP contribution in [-0.2, 0) is 20.7 Å². The predicted octanol–water partition coefficient (Wildman–Crippen LogP) is 1.51. The van der Waals surface area contributed by atoms with Crippen LogP contribution in [0.15, 0.2) is 24.3 Å². The number of carbonyl (C=O) groups is 2. The van der Waals surface area contributed by atoms with Crippen LogP contribution in [0.2, 0.25) is 0 Å². The third kappa shape index (κ3) is 5.98. The summed E-state index contributed by atoms with van der Waals surface area (Å²) in [7, 11) is 0. The van der Waals surface area contributed by atoms with Crippen LogP contribution in [0, 0.1) is 5.82 Å². The molecule has 1 N–H and O–H groups in total. The highest BCUT2D eigenvalue weighted by molar-refractivity contribution is 5.83. The Kier molecular flexibility index (Phi) is 6.52. The van der Waals surface area contributed by atoms with E-state index in [2.05, 4.69) is 5.32 Å². The first-order valence-electron chi connectivity index (χ1n) is 7.93. The van der Waals surface area contributed by atoms with Gasteiger partial charge >= 0.3 is 0 Å². The van der Waals surface area contributed by atoms with Crippen molar-refractivity contribution in [2.75, 3.05) is 26.2 Å². The quantitative estimate of drug-likeness (QED) is 0.828. The van der Waals surface area contributed by atoms with Gasteiger partial charge in [-0.1, -0.05) is 12.1 Å². The molecule has 1 saturated heterocycles. The fourth-order valence-electron chi connectivity index (χ4n) is 2.57. The molecule has 1 aliphatic rings. The topological polar surface area (TPSA) is 58.6 Å². The number of carbonyl (C=O) groups excluding carboxylic acids is 2. The van der Waals surface area contributed by atoms with Crippen molar-refractivity contribution in [2.45, 2.75) is 32.3 Å². The zero-order chi connectivity index (χ0) is 16.7. The third-order valence-corrected chi connectivity index (χ3v) is 3.88. The monoisotopic (exact) mass is 322 g/mol. The summed E-state index contributed by atoms with van der Waals surface area (Å²) in [6.45, 7) is 3.14. The molecule has 1 atom stereocenters. The number of halogens is 1. The van der Waals surface area contributed by atoms with Crippen LogP contribution in [-0.4, -0.2) is 49.1 Å². The van der Waals surface area contributed by atoms with E-state index in [1.54, 1.807) is 12.1 Å². The first-order chi connectivity index (χ1) is 11.0. The molecule has 1 unspecified atom stereocenters. The summed E-state index contributed by atoms with van der Waals surface area (Å²) in [4.78, 5) is 25.1. The number of nitrogens with zero attached hydrogens (tertiary/aromatic N) is 1. The van der Waals surface area contributed by atoms with Gasteiger partial charge in [0.05, 0.1) is 12.6 Å². The Morgan fingerprint density at radius 2 is 2.09 bits per heavy atom. The molecule has 0 spiro atoms. The molecule has 0 radical (unpaired) electrons. The number of nitrogens with one attached hydrogen (secondary N) is 1. The predicted molar refractivity (Wildman–Crippen MR) is 84.3 cm³/mol. The van der Waals surface area contributed by atoms with E-state index < -0.39 is 0 Å². The normalized spacial score (nSPS) is 17.0. The summed E-state index contributed by atoms with van der Waals surface area (Å²) >= 11 is 0. The van der Waals surface area contributed by atoms with Gasteiger partial charge < -0.3 is 15.0 Å². The number of hydrogen-bond donors (Lipinski definition) is 1. The van der Waals surface area contributed by atoms with E-state index in [0.717, 1.165) is 25.0 Å². The zero-order valence-corrected chi connectivity index (χ0v) is 13.4. The number of ether oxygens (including phenoxy) is 1. The minimum Gasteiger partial charge on any atom is -0.376 e. The fourth-order valence-corrected chi connectivity index (χ4v) is 2.57. The highest BCUT2D eigenvalue weighted by Gasteiger charge is 2.22. The van der Waals surface area contributed by atoms with E-state index in [0.29, 0.717) is 19.5 Å². The van der Waals surface area contributed by atoms with Gasteiger partial charge in [0.1, 0.15) is 5.82 Å². The summed E-state index contributed by atoms with van der Waals surface area (Å²) in [5.74, 6) is -0.599. The summed E-state index contributed by atoms with van der Waals surface area (Å²) in [6.07, 6.45) is 2.58. The Bertz CT molecular complexity index is 527. The standard InChI is InChI=1S/C17H23FN2O3/c1-13(21)20(11-16-3-2-10-23-16)12-17(22)19-9-8-14-4-6-15(18)7-5-14/h4-7,16H,2-3,8-12H2,1H3,(H,19,22). The largest absolute Gasteiger partial charge is 0.376 e. The highest BCUT2D eigenvalue weighted by Crippen LogP contribution is 2.13. The molecule has 0 aliphatic carbocycles. The van der Waals surface area contributed by atoms with Gasteiger partial charge in [-0.25, -0.2) is 4.39 Å². The molecule has 126 valence electrons. The van der Waals surface area contributed by atoms with E-state index >= 15 is 0 Å². The van der Waals surface area contributed by atoms with E-state index in [9.17, 15) is 14.0 Å². The van der Waals surface area contributed by atoms with Crippen molar-refractivity contribution in [3.05, 3.63) is 35.6 Å². The maximum absolute atomic E-state index is 12.8. The fraction of sp³-hybridized carbons (Fsp3) is 0.529. The molecule has 6 heteroatoms. The van der Waals surface area contributed by atoms with Crippen LogP contribution in [0.25, 0.3) is 0 Å². The molecular weight excluding hydrogens is 299 g/mol. The highest BCUT2D eigenvalue weighted by atomic mass is 19.1. The molecular formula is C17H23FN2O3. The Balaban J connectivity index is 1.72. The van der Waals surface area contributed by atoms with Crippen molar-refractivity contribution in [1.82, 2.24) is 10.2 Å². The lowest BCUT2D eigenvalue weighted by Crippen LogP contribution is -2.43. The van der Waals surface area contributed by atoms with Crippen LogP contribution in [0.3, 0.4) is 0 Å². The average Bonchev–Trinajstić information content (AvgIpc) is 3.01. The van der Waals surface area contributed by atoms with Crippen LogP contribution < -0.4 is 5.32 Å². The molecule has 1 fully saturated rings. The second-order valence-electron chi connectivity index (χ2n) is 5.76. The number of hydrogen-bond acceptors (Lipinski definition) is 3. The number of rotatable bonds is 7. The van der Waals surface area contributed by atoms with E-state index in [4.69, 9.17) is 4.74 Å². The molecule has 1 aliphatic heterocycles. The van der Waals surface area contributed by atoms with Gasteiger partial charge in [-0.2, -0.15) is 0 Å². The summed E-state index contributed by atoms with van der Waals surface area (Å²) < 4.78 is 18.3. The molecule has 1 heterocycles. The van der Waals surface area contributed by atoms with Crippen molar-refractivity contribution in [3.63, 3.8) is 0 Å². The number of benzene rings is 1. The van der Waals surface area contributed by atoms with Crippen molar-refractivity contribution < 1.29 is 18.7 Å². The summed E-state index contributed by atoms with van der Waals surface area (Å²) in [5, 5.41) is 2.79. The minimum atomic E-state index is -0.274. The van der Waals surface area contributed by atoms with Crippen molar-refractivity contribution in [3.8, 4) is 0 Å². The average molecular weight is 322 g/mol. The van der Waals surface area contributed by atoms with Crippen molar-refractivity contribution in [2.24, 2.45) is 0 Å². The maximum Gasteiger partial charge on any atom is 0.239 e. The van der Waals surface area contributed by atoms with Gasteiger partial charge in [-0.05, 0) is 37.0 Å². The third-order valence-electron chi connectivity index (χ3n) is 3.88. The lowest BCUT2D eigenvalue weighted by atomic mass is 10.1. The maximum atomic E-state index is 12.8. The van der Waals surface area contributed by atoms with Gasteiger partial charge in [0.15, 0.2) is 0 Å². The molecule has 0 aromatic heterocycles. The van der Waals surface area contributed by atoms with Crippen LogP contribution in [0.1, 0.15) is 25.3 Å². The van der Waals surface area contributed by atoms with Crippen molar-refractivity contribution >= 4 is 11.8 Å². The Morgan fingerprint density at radius 1 is 1.35 bits per heavy atom. The Labute approximate surface area is 135 Å². The Morgan fingerprint density at radius 3 is 2.70 bits per heavy atom. The lowest BCUT2D eigenvalue weighted by Gasteiger charge is -2.23. The van der Waals surface area contributed by atoms with E-state index in [-0.39, 0.29) is 30.3 Å². The smallest absolute Gasteiger partial charge is 0.239 e. The molecule has 2 rings (SSSR count). The van der Waals surface area contributed by atoms with Gasteiger partial charge in [0.2, 0.25) is 11.8 Å². The molecule has 2 amide bonds. The summed E-state index contributed by atoms with van der Waals surface area (Å²) in [5.41, 5.74) is 0.953. The molecule has 0 bridgehead atoms. The second kappa shape index (κ2) is 8.62. The molecule has 1 aromatic carbocycles. The van der Waals surface area contributed by atoms with E-state index in [1.807, 2.05) is 0 Å². The molecule has 5 nitrogen and oxygen atoms in total. The first-order valence-corrected chi connectivity index (χ1v) is 7.93. The molecule has 23 heavy (non-hydrogen) atoms. The van der Waals surface area contributed by atoms with Crippen LogP contribution in [0.4, 0.5) is 4.39 Å². The van der Waals surface area contributed by atoms with Crippen molar-refractivity contribution in [1.29, 1.82) is 0 Å². The lowest BCUT2D eigenvalue weighted by molar-refractivity contribution is -0.135. The Hall–Kier alpha value is -1.95. The molecule has 0 saturated carbocycles. The second-order valence-corrected chi connectivity index (χ2v) is 5.76. The van der Waals surface area contributed by atoms with Crippen LogP contribution in [0.5, 0.6) is 0 Å². The number of amides is 2. The first kappa shape index (κ1) is 17.4. The van der Waals surface area contributed by atoms with Gasteiger partial charge in [0.25, 0.3) is 0 Å². The molecule has 1 aromatic rings. The van der Waals surface area contributed by atoms with Crippen LogP contribution >= 0.6 is 0 Å². The zero-order valence-electron chi connectivity index (χ0n) is 13.4. The van der Waals surface area contributed by atoms with Gasteiger partial charge in [-0.15, -0.1) is 0 Å². The van der Waals surface area contributed by atoms with Gasteiger partial charge in [-0.3, -0.25) is 9.59 Å². The summed E-state index contributed by atoms with van der Waals surface area (Å²) in [6, 6.07) is 6.19.